The van der Waals surface area contributed by atoms with E-state index < -0.39 is 17.4 Å². The molecule has 3 aliphatic rings. The van der Waals surface area contributed by atoms with Crippen molar-refractivity contribution in [3.05, 3.63) is 107 Å². The molecular formula is C35H37N3O5. The Kier molecular flexibility index (Phi) is 7.90. The zero-order valence-electron chi connectivity index (χ0n) is 24.4. The van der Waals surface area contributed by atoms with Gasteiger partial charge in [0.05, 0.1) is 24.9 Å². The van der Waals surface area contributed by atoms with Crippen molar-refractivity contribution < 1.29 is 24.6 Å². The van der Waals surface area contributed by atoms with Gasteiger partial charge in [-0.2, -0.15) is 0 Å². The third kappa shape index (κ3) is 5.26. The quantitative estimate of drug-likeness (QED) is 0.392. The number of carbonyl (C=O) groups is 3. The number of anilines is 2. The molecule has 3 atom stereocenters. The summed E-state index contributed by atoms with van der Waals surface area (Å²) in [5.41, 5.74) is 3.01. The standard InChI is InChI=1S/C35H37N3O5/c1-24(9-7-14-33(41)37-22-27-13-6-5-12-26(27)19-29(37)23-39)35(43)30-20-28(36-18-8-15-32(36)40)16-17-31(30)38(34(35)42)21-25-10-3-2-4-11-25/h2-7,9-13,16-17,20,24,29,39,43H,8,14-15,18-19,21-23H2,1H3/b9-7+/t24-,29-,35+/m0/s1. The van der Waals surface area contributed by atoms with Crippen molar-refractivity contribution in [2.24, 2.45) is 5.92 Å². The molecule has 3 aliphatic heterocycles. The molecule has 8 heteroatoms. The van der Waals surface area contributed by atoms with Crippen LogP contribution in [-0.4, -0.2) is 52.0 Å². The molecule has 6 rings (SSSR count). The zero-order chi connectivity index (χ0) is 30.1. The van der Waals surface area contributed by atoms with Crippen molar-refractivity contribution in [3.8, 4) is 0 Å². The molecule has 0 aliphatic carbocycles. The van der Waals surface area contributed by atoms with Crippen molar-refractivity contribution in [1.82, 2.24) is 4.90 Å². The van der Waals surface area contributed by atoms with E-state index in [4.69, 9.17) is 0 Å². The minimum Gasteiger partial charge on any atom is -0.394 e. The Labute approximate surface area is 251 Å². The van der Waals surface area contributed by atoms with E-state index in [1.807, 2.05) is 66.7 Å². The van der Waals surface area contributed by atoms with Gasteiger partial charge >= 0.3 is 0 Å². The summed E-state index contributed by atoms with van der Waals surface area (Å²) in [5.74, 6) is -1.19. The molecule has 0 saturated carbocycles. The maximum Gasteiger partial charge on any atom is 0.264 e. The number of aliphatic hydroxyl groups is 2. The summed E-state index contributed by atoms with van der Waals surface area (Å²) in [7, 11) is 0. The van der Waals surface area contributed by atoms with Crippen molar-refractivity contribution in [2.45, 2.75) is 57.3 Å². The van der Waals surface area contributed by atoms with Crippen LogP contribution in [-0.2, 0) is 39.5 Å². The average Bonchev–Trinajstić information content (AvgIpc) is 3.55. The predicted molar refractivity (Wildman–Crippen MR) is 164 cm³/mol. The molecule has 3 aromatic rings. The van der Waals surface area contributed by atoms with Crippen molar-refractivity contribution in [2.75, 3.05) is 23.0 Å². The van der Waals surface area contributed by atoms with E-state index in [9.17, 15) is 24.6 Å². The summed E-state index contributed by atoms with van der Waals surface area (Å²) < 4.78 is 0. The van der Waals surface area contributed by atoms with Crippen molar-refractivity contribution in [1.29, 1.82) is 0 Å². The molecule has 0 bridgehead atoms. The van der Waals surface area contributed by atoms with Gasteiger partial charge < -0.3 is 24.9 Å². The van der Waals surface area contributed by atoms with Gasteiger partial charge in [0.15, 0.2) is 5.60 Å². The average molecular weight is 580 g/mol. The van der Waals surface area contributed by atoms with Gasteiger partial charge in [-0.15, -0.1) is 0 Å². The first-order valence-corrected chi connectivity index (χ1v) is 15.0. The smallest absolute Gasteiger partial charge is 0.264 e. The molecule has 1 saturated heterocycles. The molecule has 0 unspecified atom stereocenters. The third-order valence-electron chi connectivity index (χ3n) is 9.08. The minimum atomic E-state index is -1.87. The van der Waals surface area contributed by atoms with Crippen LogP contribution in [0.3, 0.4) is 0 Å². The summed E-state index contributed by atoms with van der Waals surface area (Å²) in [6.07, 6.45) is 5.37. The number of amides is 3. The topological polar surface area (TPSA) is 101 Å². The van der Waals surface area contributed by atoms with Crippen LogP contribution in [0, 0.1) is 5.92 Å². The van der Waals surface area contributed by atoms with Gasteiger partial charge in [0.1, 0.15) is 0 Å². The lowest BCUT2D eigenvalue weighted by Gasteiger charge is -2.36. The van der Waals surface area contributed by atoms with E-state index in [-0.39, 0.29) is 30.9 Å². The van der Waals surface area contributed by atoms with Crippen LogP contribution in [0.2, 0.25) is 0 Å². The number of aliphatic hydroxyl groups excluding tert-OH is 1. The Bertz CT molecular complexity index is 1570. The Morgan fingerprint density at radius 1 is 1.05 bits per heavy atom. The van der Waals surface area contributed by atoms with Gasteiger partial charge in [0, 0.05) is 43.1 Å². The van der Waals surface area contributed by atoms with Crippen LogP contribution >= 0.6 is 0 Å². The van der Waals surface area contributed by atoms with Gasteiger partial charge in [0.25, 0.3) is 5.91 Å². The maximum absolute atomic E-state index is 14.0. The second-order valence-electron chi connectivity index (χ2n) is 11.7. The number of hydrogen-bond donors (Lipinski definition) is 2. The number of nitrogens with zero attached hydrogens (tertiary/aromatic N) is 3. The van der Waals surface area contributed by atoms with E-state index in [1.165, 1.54) is 0 Å². The molecule has 43 heavy (non-hydrogen) atoms. The van der Waals surface area contributed by atoms with Gasteiger partial charge in [0.2, 0.25) is 11.8 Å². The van der Waals surface area contributed by atoms with Crippen LogP contribution in [0.25, 0.3) is 0 Å². The number of carbonyl (C=O) groups excluding carboxylic acids is 3. The van der Waals surface area contributed by atoms with Crippen LogP contribution < -0.4 is 9.80 Å². The Balaban J connectivity index is 1.26. The maximum atomic E-state index is 14.0. The fourth-order valence-corrected chi connectivity index (χ4v) is 6.62. The lowest BCUT2D eigenvalue weighted by Crippen LogP contribution is -2.46. The number of hydrogen-bond acceptors (Lipinski definition) is 5. The fourth-order valence-electron chi connectivity index (χ4n) is 6.62. The highest BCUT2D eigenvalue weighted by atomic mass is 16.3. The lowest BCUT2D eigenvalue weighted by atomic mass is 9.82. The second-order valence-corrected chi connectivity index (χ2v) is 11.7. The highest BCUT2D eigenvalue weighted by molar-refractivity contribution is 6.08. The molecule has 1 fully saturated rings. The lowest BCUT2D eigenvalue weighted by molar-refractivity contribution is -0.139. The van der Waals surface area contributed by atoms with Gasteiger partial charge in [-0.05, 0) is 47.7 Å². The summed E-state index contributed by atoms with van der Waals surface area (Å²) in [4.78, 5) is 44.9. The van der Waals surface area contributed by atoms with Gasteiger partial charge in [-0.25, -0.2) is 0 Å². The van der Waals surface area contributed by atoms with Crippen LogP contribution in [0.5, 0.6) is 0 Å². The van der Waals surface area contributed by atoms with E-state index in [2.05, 4.69) is 0 Å². The highest BCUT2D eigenvalue weighted by Crippen LogP contribution is 2.47. The van der Waals surface area contributed by atoms with Crippen molar-refractivity contribution in [3.63, 3.8) is 0 Å². The largest absolute Gasteiger partial charge is 0.394 e. The Hall–Kier alpha value is -4.27. The van der Waals surface area contributed by atoms with E-state index >= 15 is 0 Å². The second kappa shape index (κ2) is 11.8. The molecule has 2 N–H and O–H groups in total. The van der Waals surface area contributed by atoms with Crippen LogP contribution in [0.15, 0.2) is 84.9 Å². The Morgan fingerprint density at radius 3 is 2.51 bits per heavy atom. The normalized spacial score (nSPS) is 22.3. The number of benzene rings is 3. The molecule has 8 nitrogen and oxygen atoms in total. The molecule has 3 aromatic carbocycles. The first-order chi connectivity index (χ1) is 20.8. The summed E-state index contributed by atoms with van der Waals surface area (Å²) in [6.45, 7) is 2.99. The predicted octanol–water partition coefficient (Wildman–Crippen LogP) is 4.08. The molecular weight excluding hydrogens is 542 g/mol. The monoisotopic (exact) mass is 579 g/mol. The highest BCUT2D eigenvalue weighted by Gasteiger charge is 2.52. The minimum absolute atomic E-state index is 0.0296. The summed E-state index contributed by atoms with van der Waals surface area (Å²) in [5, 5.41) is 22.2. The van der Waals surface area contributed by atoms with Crippen LogP contribution in [0.1, 0.15) is 48.4 Å². The van der Waals surface area contributed by atoms with Crippen LogP contribution in [0.4, 0.5) is 11.4 Å². The number of fused-ring (bicyclic) bond motifs is 2. The summed E-state index contributed by atoms with van der Waals surface area (Å²) >= 11 is 0. The SMILES string of the molecule is C[C@@H](/C=C/CC(=O)N1Cc2ccccc2C[C@H]1CO)[C@]1(O)C(=O)N(Cc2ccccc2)c2ccc(N3CCCC3=O)cc21. The fraction of sp³-hybridized carbons (Fsp3) is 0.343. The third-order valence-corrected chi connectivity index (χ3v) is 9.08. The zero-order valence-corrected chi connectivity index (χ0v) is 24.4. The van der Waals surface area contributed by atoms with Crippen molar-refractivity contribution >= 4 is 29.1 Å². The molecule has 0 radical (unpaired) electrons. The number of rotatable bonds is 8. The van der Waals surface area contributed by atoms with Gasteiger partial charge in [-0.3, -0.25) is 14.4 Å². The van der Waals surface area contributed by atoms with E-state index in [0.717, 1.165) is 23.1 Å². The summed E-state index contributed by atoms with van der Waals surface area (Å²) in [6, 6.07) is 22.7. The molecule has 3 heterocycles. The first kappa shape index (κ1) is 28.8. The molecule has 0 spiro atoms. The van der Waals surface area contributed by atoms with E-state index in [0.29, 0.717) is 49.4 Å². The molecule has 222 valence electrons. The van der Waals surface area contributed by atoms with Gasteiger partial charge in [-0.1, -0.05) is 73.7 Å². The Morgan fingerprint density at radius 2 is 1.79 bits per heavy atom. The first-order valence-electron chi connectivity index (χ1n) is 15.0. The molecule has 0 aromatic heterocycles. The van der Waals surface area contributed by atoms with E-state index in [1.54, 1.807) is 39.8 Å². The molecule has 3 amide bonds.